The zero-order valence-electron chi connectivity index (χ0n) is 10.2. The van der Waals surface area contributed by atoms with Gasteiger partial charge >= 0.3 is 5.97 Å². The summed E-state index contributed by atoms with van der Waals surface area (Å²) in [7, 11) is 0. The second-order valence-electron chi connectivity index (χ2n) is 4.92. The van der Waals surface area contributed by atoms with Crippen LogP contribution in [0.5, 0.6) is 0 Å². The first-order valence-corrected chi connectivity index (χ1v) is 5.99. The molecular weight excluding hydrogens is 216 g/mol. The Hall–Kier alpha value is -1.35. The van der Waals surface area contributed by atoms with E-state index in [1.807, 2.05) is 12.1 Å². The summed E-state index contributed by atoms with van der Waals surface area (Å²) in [5.74, 6) is -0.983. The third kappa shape index (κ3) is 2.20. The number of rotatable bonds is 2. The van der Waals surface area contributed by atoms with Gasteiger partial charge in [-0.05, 0) is 54.9 Å². The molecule has 1 aromatic rings. The first-order chi connectivity index (χ1) is 8.00. The van der Waals surface area contributed by atoms with Crippen LogP contribution < -0.4 is 0 Å². The number of carboxylic acid groups (broad SMARTS) is 1. The number of hydrogen-bond acceptors (Lipinski definition) is 2. The fourth-order valence-corrected chi connectivity index (χ4v) is 2.68. The fraction of sp³-hybridized carbons (Fsp3) is 0.500. The van der Waals surface area contributed by atoms with Gasteiger partial charge in [0.05, 0.1) is 12.5 Å². The SMILES string of the molecule is Cc1ccc2c(c1C)CC[C@H](CC(=O)O)[C@H]2O. The Morgan fingerprint density at radius 1 is 1.41 bits per heavy atom. The Balaban J connectivity index is 2.33. The quantitative estimate of drug-likeness (QED) is 0.826. The number of benzene rings is 1. The third-order valence-corrected chi connectivity index (χ3v) is 3.87. The molecule has 0 saturated heterocycles. The number of aliphatic hydroxyl groups excluding tert-OH is 1. The number of fused-ring (bicyclic) bond motifs is 1. The number of hydrogen-bond donors (Lipinski definition) is 2. The van der Waals surface area contributed by atoms with E-state index in [-0.39, 0.29) is 12.3 Å². The van der Waals surface area contributed by atoms with E-state index < -0.39 is 12.1 Å². The Bertz CT molecular complexity index is 451. The highest BCUT2D eigenvalue weighted by atomic mass is 16.4. The lowest BCUT2D eigenvalue weighted by atomic mass is 9.77. The van der Waals surface area contributed by atoms with Gasteiger partial charge in [-0.1, -0.05) is 12.1 Å². The average molecular weight is 234 g/mol. The van der Waals surface area contributed by atoms with Crippen LogP contribution in [0.4, 0.5) is 0 Å². The van der Waals surface area contributed by atoms with E-state index >= 15 is 0 Å². The normalized spacial score (nSPS) is 23.2. The number of aliphatic carboxylic acids is 1. The van der Waals surface area contributed by atoms with Crippen molar-refractivity contribution in [3.05, 3.63) is 34.4 Å². The van der Waals surface area contributed by atoms with Gasteiger partial charge in [-0.25, -0.2) is 0 Å². The molecule has 1 aliphatic carbocycles. The van der Waals surface area contributed by atoms with Gasteiger partial charge in [0.25, 0.3) is 0 Å². The van der Waals surface area contributed by atoms with Gasteiger partial charge in [-0.2, -0.15) is 0 Å². The van der Waals surface area contributed by atoms with Crippen LogP contribution in [0.1, 0.15) is 41.2 Å². The summed E-state index contributed by atoms with van der Waals surface area (Å²) in [6.45, 7) is 4.13. The van der Waals surface area contributed by atoms with Crippen LogP contribution in [0.3, 0.4) is 0 Å². The molecule has 0 fully saturated rings. The van der Waals surface area contributed by atoms with E-state index in [2.05, 4.69) is 13.8 Å². The standard InChI is InChI=1S/C14H18O3/c1-8-3-5-12-11(9(8)2)6-4-10(14(12)17)7-13(15)16/h3,5,10,14,17H,4,6-7H2,1-2H3,(H,15,16)/t10-,14-/m1/s1. The molecule has 92 valence electrons. The summed E-state index contributed by atoms with van der Waals surface area (Å²) < 4.78 is 0. The lowest BCUT2D eigenvalue weighted by Gasteiger charge is -2.30. The molecule has 17 heavy (non-hydrogen) atoms. The molecule has 0 heterocycles. The van der Waals surface area contributed by atoms with Crippen molar-refractivity contribution in [3.63, 3.8) is 0 Å². The predicted octanol–water partition coefficient (Wildman–Crippen LogP) is 2.37. The summed E-state index contributed by atoms with van der Waals surface area (Å²) in [6.07, 6.45) is 1.05. The number of carbonyl (C=O) groups is 1. The molecule has 2 atom stereocenters. The Kier molecular flexibility index (Phi) is 3.20. The molecule has 0 unspecified atom stereocenters. The van der Waals surface area contributed by atoms with Gasteiger partial charge in [0.15, 0.2) is 0 Å². The molecule has 1 aliphatic rings. The van der Waals surface area contributed by atoms with E-state index in [4.69, 9.17) is 5.11 Å². The largest absolute Gasteiger partial charge is 0.481 e. The monoisotopic (exact) mass is 234 g/mol. The van der Waals surface area contributed by atoms with Crippen LogP contribution in [0.2, 0.25) is 0 Å². The molecule has 0 spiro atoms. The first kappa shape index (κ1) is 12.1. The highest BCUT2D eigenvalue weighted by molar-refractivity contribution is 5.67. The van der Waals surface area contributed by atoms with Crippen molar-refractivity contribution in [1.82, 2.24) is 0 Å². The zero-order chi connectivity index (χ0) is 12.6. The van der Waals surface area contributed by atoms with Crippen molar-refractivity contribution in [3.8, 4) is 0 Å². The third-order valence-electron chi connectivity index (χ3n) is 3.87. The minimum absolute atomic E-state index is 0.0491. The van der Waals surface area contributed by atoms with E-state index in [0.717, 1.165) is 18.4 Å². The van der Waals surface area contributed by atoms with Crippen LogP contribution in [-0.2, 0) is 11.2 Å². The minimum atomic E-state index is -0.832. The van der Waals surface area contributed by atoms with E-state index in [1.54, 1.807) is 0 Å². The molecule has 2 rings (SSSR count). The Labute approximate surface area is 101 Å². The minimum Gasteiger partial charge on any atom is -0.481 e. The van der Waals surface area contributed by atoms with E-state index in [1.165, 1.54) is 16.7 Å². The summed E-state index contributed by atoms with van der Waals surface area (Å²) in [4.78, 5) is 10.7. The van der Waals surface area contributed by atoms with Crippen LogP contribution >= 0.6 is 0 Å². The summed E-state index contributed by atoms with van der Waals surface area (Å²) in [5.41, 5.74) is 4.59. The second-order valence-corrected chi connectivity index (χ2v) is 4.92. The molecule has 0 bridgehead atoms. The average Bonchev–Trinajstić information content (AvgIpc) is 2.27. The van der Waals surface area contributed by atoms with Gasteiger partial charge in [0.2, 0.25) is 0 Å². The van der Waals surface area contributed by atoms with Crippen molar-refractivity contribution in [2.45, 2.75) is 39.2 Å². The van der Waals surface area contributed by atoms with Crippen molar-refractivity contribution < 1.29 is 15.0 Å². The maximum absolute atomic E-state index is 10.7. The van der Waals surface area contributed by atoms with Crippen molar-refractivity contribution in [2.75, 3.05) is 0 Å². The van der Waals surface area contributed by atoms with Crippen molar-refractivity contribution in [2.24, 2.45) is 5.92 Å². The molecule has 1 aromatic carbocycles. The topological polar surface area (TPSA) is 57.5 Å². The van der Waals surface area contributed by atoms with E-state index in [0.29, 0.717) is 0 Å². The van der Waals surface area contributed by atoms with Crippen LogP contribution in [0.25, 0.3) is 0 Å². The molecule has 2 N–H and O–H groups in total. The van der Waals surface area contributed by atoms with E-state index in [9.17, 15) is 9.90 Å². The lowest BCUT2D eigenvalue weighted by Crippen LogP contribution is -2.23. The van der Waals surface area contributed by atoms with Gasteiger partial charge in [-0.3, -0.25) is 4.79 Å². The first-order valence-electron chi connectivity index (χ1n) is 5.99. The van der Waals surface area contributed by atoms with Gasteiger partial charge in [0, 0.05) is 0 Å². The molecule has 3 heteroatoms. The number of aryl methyl sites for hydroxylation is 1. The smallest absolute Gasteiger partial charge is 0.303 e. The molecular formula is C14H18O3. The maximum atomic E-state index is 10.7. The van der Waals surface area contributed by atoms with Crippen molar-refractivity contribution >= 4 is 5.97 Å². The summed E-state index contributed by atoms with van der Waals surface area (Å²) in [6, 6.07) is 3.94. The number of aliphatic hydroxyl groups is 1. The van der Waals surface area contributed by atoms with Crippen LogP contribution in [-0.4, -0.2) is 16.2 Å². The molecule has 3 nitrogen and oxygen atoms in total. The maximum Gasteiger partial charge on any atom is 0.303 e. The molecule has 0 aromatic heterocycles. The summed E-state index contributed by atoms with van der Waals surface area (Å²) >= 11 is 0. The van der Waals surface area contributed by atoms with Gasteiger partial charge in [0.1, 0.15) is 0 Å². The van der Waals surface area contributed by atoms with Crippen LogP contribution in [0.15, 0.2) is 12.1 Å². The highest BCUT2D eigenvalue weighted by Crippen LogP contribution is 2.38. The fourth-order valence-electron chi connectivity index (χ4n) is 2.68. The van der Waals surface area contributed by atoms with Gasteiger partial charge < -0.3 is 10.2 Å². The Morgan fingerprint density at radius 2 is 2.12 bits per heavy atom. The molecule has 0 amide bonds. The van der Waals surface area contributed by atoms with Crippen molar-refractivity contribution in [1.29, 1.82) is 0 Å². The predicted molar refractivity (Wildman–Crippen MR) is 64.9 cm³/mol. The molecule has 0 saturated carbocycles. The highest BCUT2D eigenvalue weighted by Gasteiger charge is 2.30. The molecule has 0 radical (unpaired) electrons. The van der Waals surface area contributed by atoms with Gasteiger partial charge in [-0.15, -0.1) is 0 Å². The second kappa shape index (κ2) is 4.49. The lowest BCUT2D eigenvalue weighted by molar-refractivity contribution is -0.139. The number of carboxylic acids is 1. The zero-order valence-corrected chi connectivity index (χ0v) is 10.2. The summed E-state index contributed by atoms with van der Waals surface area (Å²) in [5, 5.41) is 19.0. The Morgan fingerprint density at radius 3 is 2.76 bits per heavy atom. The molecule has 0 aliphatic heterocycles. The van der Waals surface area contributed by atoms with Crippen LogP contribution in [0, 0.1) is 19.8 Å².